The van der Waals surface area contributed by atoms with E-state index in [1.807, 2.05) is 6.92 Å². The number of methoxy groups -OCH3 is 1. The van der Waals surface area contributed by atoms with E-state index in [9.17, 15) is 9.90 Å². The highest BCUT2D eigenvalue weighted by atomic mass is 16.5. The third-order valence-corrected chi connectivity index (χ3v) is 1.90. The molecule has 2 N–H and O–H groups in total. The van der Waals surface area contributed by atoms with Crippen LogP contribution in [0.5, 0.6) is 11.5 Å². The molecule has 0 atom stereocenters. The Balaban J connectivity index is 2.61. The van der Waals surface area contributed by atoms with E-state index < -0.39 is 0 Å². The molecule has 0 heterocycles. The van der Waals surface area contributed by atoms with Gasteiger partial charge in [-0.1, -0.05) is 0 Å². The van der Waals surface area contributed by atoms with Crippen LogP contribution in [0.4, 0.5) is 5.69 Å². The molecule has 0 spiro atoms. The van der Waals surface area contributed by atoms with Crippen LogP contribution in [0.15, 0.2) is 18.2 Å². The van der Waals surface area contributed by atoms with Crippen molar-refractivity contribution in [2.75, 3.05) is 25.6 Å². The highest BCUT2D eigenvalue weighted by Crippen LogP contribution is 2.28. The van der Waals surface area contributed by atoms with E-state index in [1.165, 1.54) is 13.2 Å². The highest BCUT2D eigenvalue weighted by molar-refractivity contribution is 5.92. The third kappa shape index (κ3) is 3.43. The first-order chi connectivity index (χ1) is 7.67. The van der Waals surface area contributed by atoms with E-state index in [0.29, 0.717) is 18.0 Å². The minimum absolute atomic E-state index is 0.00326. The molecule has 16 heavy (non-hydrogen) atoms. The topological polar surface area (TPSA) is 67.8 Å². The number of anilines is 1. The first-order valence-corrected chi connectivity index (χ1v) is 4.92. The lowest BCUT2D eigenvalue weighted by Crippen LogP contribution is -2.18. The molecule has 1 rings (SSSR count). The quantitative estimate of drug-likeness (QED) is 0.794. The van der Waals surface area contributed by atoms with E-state index in [4.69, 9.17) is 9.47 Å². The summed E-state index contributed by atoms with van der Waals surface area (Å²) in [5.41, 5.74) is 0.503. The van der Waals surface area contributed by atoms with Crippen molar-refractivity contribution < 1.29 is 19.4 Å². The fourth-order valence-electron chi connectivity index (χ4n) is 1.16. The van der Waals surface area contributed by atoms with Crippen LogP contribution < -0.4 is 10.1 Å². The number of carbonyl (C=O) groups is 1. The van der Waals surface area contributed by atoms with Gasteiger partial charge >= 0.3 is 0 Å². The van der Waals surface area contributed by atoms with E-state index in [1.54, 1.807) is 12.1 Å². The van der Waals surface area contributed by atoms with Crippen molar-refractivity contribution in [3.63, 3.8) is 0 Å². The molecule has 1 aromatic rings. The van der Waals surface area contributed by atoms with Crippen molar-refractivity contribution in [3.05, 3.63) is 18.2 Å². The summed E-state index contributed by atoms with van der Waals surface area (Å²) >= 11 is 0. The summed E-state index contributed by atoms with van der Waals surface area (Å²) in [6, 6.07) is 4.64. The number of hydrogen-bond acceptors (Lipinski definition) is 4. The molecule has 0 radical (unpaired) electrons. The van der Waals surface area contributed by atoms with E-state index in [-0.39, 0.29) is 18.3 Å². The maximum absolute atomic E-state index is 11.3. The van der Waals surface area contributed by atoms with E-state index in [0.717, 1.165) is 0 Å². The minimum atomic E-state index is -0.258. The van der Waals surface area contributed by atoms with Crippen molar-refractivity contribution in [1.29, 1.82) is 0 Å². The Bertz CT molecular complexity index is 365. The summed E-state index contributed by atoms with van der Waals surface area (Å²) in [5, 5.41) is 12.1. The van der Waals surface area contributed by atoms with Gasteiger partial charge in [-0.25, -0.2) is 0 Å². The lowest BCUT2D eigenvalue weighted by molar-refractivity contribution is -0.120. The SMILES string of the molecule is CCOCC(=O)Nc1ccc(OC)c(O)c1. The zero-order valence-corrected chi connectivity index (χ0v) is 9.32. The second-order valence-corrected chi connectivity index (χ2v) is 3.07. The molecule has 0 aliphatic heterocycles. The summed E-state index contributed by atoms with van der Waals surface area (Å²) in [7, 11) is 1.46. The zero-order valence-electron chi connectivity index (χ0n) is 9.32. The number of phenols is 1. The second kappa shape index (κ2) is 5.97. The Hall–Kier alpha value is -1.75. The highest BCUT2D eigenvalue weighted by Gasteiger charge is 2.05. The summed E-state index contributed by atoms with van der Waals surface area (Å²) in [6.07, 6.45) is 0. The summed E-state index contributed by atoms with van der Waals surface area (Å²) < 4.78 is 9.83. The average molecular weight is 225 g/mol. The number of ether oxygens (including phenoxy) is 2. The fourth-order valence-corrected chi connectivity index (χ4v) is 1.16. The van der Waals surface area contributed by atoms with E-state index >= 15 is 0 Å². The summed E-state index contributed by atoms with van der Waals surface area (Å²) in [5.74, 6) is 0.0888. The standard InChI is InChI=1S/C11H15NO4/c1-3-16-7-11(14)12-8-4-5-10(15-2)9(13)6-8/h4-6,13H,3,7H2,1-2H3,(H,12,14). The van der Waals surface area contributed by atoms with Gasteiger partial charge in [0.1, 0.15) is 6.61 Å². The van der Waals surface area contributed by atoms with Gasteiger partial charge in [0.15, 0.2) is 11.5 Å². The van der Waals surface area contributed by atoms with Crippen LogP contribution in [-0.2, 0) is 9.53 Å². The summed E-state index contributed by atoms with van der Waals surface area (Å²) in [4.78, 5) is 11.3. The van der Waals surface area contributed by atoms with Crippen molar-refractivity contribution in [3.8, 4) is 11.5 Å². The predicted octanol–water partition coefficient (Wildman–Crippen LogP) is 1.38. The van der Waals surface area contributed by atoms with Gasteiger partial charge in [-0.15, -0.1) is 0 Å². The van der Waals surface area contributed by atoms with Crippen LogP contribution in [0.2, 0.25) is 0 Å². The predicted molar refractivity (Wildman–Crippen MR) is 59.8 cm³/mol. The molecule has 0 saturated heterocycles. The van der Waals surface area contributed by atoms with Crippen LogP contribution in [-0.4, -0.2) is 31.3 Å². The number of amides is 1. The van der Waals surface area contributed by atoms with Crippen LogP contribution in [0.3, 0.4) is 0 Å². The van der Waals surface area contributed by atoms with Gasteiger partial charge in [-0.05, 0) is 19.1 Å². The Kier molecular flexibility index (Phi) is 4.60. The molecule has 0 bridgehead atoms. The maximum atomic E-state index is 11.3. The molecule has 88 valence electrons. The number of phenolic OH excluding ortho intramolecular Hbond substituents is 1. The van der Waals surface area contributed by atoms with Crippen LogP contribution in [0.25, 0.3) is 0 Å². The normalized spacial score (nSPS) is 9.88. The van der Waals surface area contributed by atoms with Crippen LogP contribution in [0, 0.1) is 0 Å². The number of hydrogen-bond donors (Lipinski definition) is 2. The second-order valence-electron chi connectivity index (χ2n) is 3.07. The lowest BCUT2D eigenvalue weighted by Gasteiger charge is -2.07. The van der Waals surface area contributed by atoms with Crippen LogP contribution >= 0.6 is 0 Å². The molecule has 1 aromatic carbocycles. The summed E-state index contributed by atoms with van der Waals surface area (Å²) in [6.45, 7) is 2.30. The first-order valence-electron chi connectivity index (χ1n) is 4.92. The van der Waals surface area contributed by atoms with Gasteiger partial charge in [0.2, 0.25) is 5.91 Å². The molecular formula is C11H15NO4. The van der Waals surface area contributed by atoms with Gasteiger partial charge in [0, 0.05) is 18.4 Å². The molecule has 0 unspecified atom stereocenters. The average Bonchev–Trinajstić information content (AvgIpc) is 2.26. The third-order valence-electron chi connectivity index (χ3n) is 1.90. The van der Waals surface area contributed by atoms with Gasteiger partial charge < -0.3 is 19.9 Å². The Labute approximate surface area is 94.0 Å². The van der Waals surface area contributed by atoms with Crippen LogP contribution in [0.1, 0.15) is 6.92 Å². The van der Waals surface area contributed by atoms with Gasteiger partial charge in [0.25, 0.3) is 0 Å². The van der Waals surface area contributed by atoms with Gasteiger partial charge in [-0.2, -0.15) is 0 Å². The van der Waals surface area contributed by atoms with Gasteiger partial charge in [-0.3, -0.25) is 4.79 Å². The fraction of sp³-hybridized carbons (Fsp3) is 0.364. The minimum Gasteiger partial charge on any atom is -0.504 e. The molecule has 0 aliphatic rings. The Morgan fingerprint density at radius 1 is 1.50 bits per heavy atom. The Morgan fingerprint density at radius 2 is 2.25 bits per heavy atom. The van der Waals surface area contributed by atoms with Gasteiger partial charge in [0.05, 0.1) is 7.11 Å². The monoisotopic (exact) mass is 225 g/mol. The molecule has 0 saturated carbocycles. The first kappa shape index (κ1) is 12.3. The molecule has 0 aliphatic carbocycles. The number of nitrogens with one attached hydrogen (secondary N) is 1. The maximum Gasteiger partial charge on any atom is 0.250 e. The van der Waals surface area contributed by atoms with Crippen molar-refractivity contribution >= 4 is 11.6 Å². The number of benzene rings is 1. The number of carbonyl (C=O) groups excluding carboxylic acids is 1. The smallest absolute Gasteiger partial charge is 0.250 e. The molecule has 5 nitrogen and oxygen atoms in total. The van der Waals surface area contributed by atoms with E-state index in [2.05, 4.69) is 5.32 Å². The molecule has 5 heteroatoms. The molecule has 0 fully saturated rings. The lowest BCUT2D eigenvalue weighted by atomic mass is 10.2. The molecule has 0 aromatic heterocycles. The molecular weight excluding hydrogens is 210 g/mol. The number of aromatic hydroxyl groups is 1. The van der Waals surface area contributed by atoms with Crippen molar-refractivity contribution in [1.82, 2.24) is 0 Å². The largest absolute Gasteiger partial charge is 0.504 e. The number of rotatable bonds is 5. The zero-order chi connectivity index (χ0) is 12.0. The molecule has 1 amide bonds. The van der Waals surface area contributed by atoms with Crippen molar-refractivity contribution in [2.45, 2.75) is 6.92 Å². The Morgan fingerprint density at radius 3 is 2.81 bits per heavy atom. The van der Waals surface area contributed by atoms with Crippen molar-refractivity contribution in [2.24, 2.45) is 0 Å².